The van der Waals surface area contributed by atoms with Crippen LogP contribution in [0.2, 0.25) is 0 Å². The zero-order valence-corrected chi connectivity index (χ0v) is 26.5. The van der Waals surface area contributed by atoms with Crippen molar-refractivity contribution in [2.45, 2.75) is 0 Å². The van der Waals surface area contributed by atoms with Crippen molar-refractivity contribution in [3.63, 3.8) is 0 Å². The summed E-state index contributed by atoms with van der Waals surface area (Å²) < 4.78 is 10.3. The number of para-hydroxylation sites is 2. The number of hydrogen-bond donors (Lipinski definition) is 0. The summed E-state index contributed by atoms with van der Waals surface area (Å²) in [5.74, 6) is 3.45. The summed E-state index contributed by atoms with van der Waals surface area (Å²) in [5, 5.41) is 7.04. The van der Waals surface area contributed by atoms with Gasteiger partial charge in [-0.2, -0.15) is 17.2 Å². The smallest absolute Gasteiger partial charge is 0.160 e. The summed E-state index contributed by atoms with van der Waals surface area (Å²) in [6.45, 7) is 1.94. The van der Waals surface area contributed by atoms with Gasteiger partial charge in [0.05, 0.1) is 0 Å². The number of pyridine rings is 1. The Morgan fingerprint density at radius 1 is 0.674 bits per heavy atom. The predicted octanol–water partition coefficient (Wildman–Crippen LogP) is 8.61. The quantitative estimate of drug-likeness (QED) is 0.164. The number of ether oxygens (including phenoxy) is 1. The fourth-order valence-corrected chi connectivity index (χ4v) is 5.95. The third-order valence-corrected chi connectivity index (χ3v) is 7.96. The van der Waals surface area contributed by atoms with Crippen LogP contribution in [0.4, 0.5) is 11.4 Å². The molecule has 0 saturated heterocycles. The fourth-order valence-electron chi connectivity index (χ4n) is 5.95. The molecule has 46 heavy (non-hydrogen) atoms. The Hall–Kier alpha value is -5.65. The van der Waals surface area contributed by atoms with Gasteiger partial charge in [0.2, 0.25) is 0 Å². The van der Waals surface area contributed by atoms with Crippen molar-refractivity contribution in [3.05, 3.63) is 152 Å². The van der Waals surface area contributed by atoms with Gasteiger partial charge in [-0.25, -0.2) is 4.98 Å². The molecular formula is C38H23N6OPt-3. The molecular weight excluding hydrogens is 752 g/mol. The van der Waals surface area contributed by atoms with E-state index in [-0.39, 0.29) is 21.1 Å². The SMILES string of the molecule is [Pt].[c-]1c(Oc2[c-]c3c(cc2)c2ccccc2n3-c2ccccn2)cccc1N1[CH-]n2nc(-c3ccccc3)nc2-c2ccccc21. The maximum Gasteiger partial charge on any atom is 0.160 e. The molecule has 5 aromatic carbocycles. The molecule has 0 aliphatic carbocycles. The van der Waals surface area contributed by atoms with E-state index in [0.717, 1.165) is 55.9 Å². The molecule has 0 N–H and O–H groups in total. The first kappa shape index (κ1) is 27.9. The van der Waals surface area contributed by atoms with Gasteiger partial charge < -0.3 is 23.9 Å². The monoisotopic (exact) mass is 774 g/mol. The van der Waals surface area contributed by atoms with Crippen LogP contribution in [0.3, 0.4) is 0 Å². The third kappa shape index (κ3) is 4.64. The van der Waals surface area contributed by atoms with E-state index < -0.39 is 0 Å². The number of rotatable bonds is 5. The molecule has 0 bridgehead atoms. The van der Waals surface area contributed by atoms with Crippen LogP contribution in [0.15, 0.2) is 134 Å². The summed E-state index contributed by atoms with van der Waals surface area (Å²) in [5.41, 5.74) is 5.71. The van der Waals surface area contributed by atoms with E-state index >= 15 is 0 Å². The standard InChI is InChI=1S/C38H23N6O.Pt/c1-2-11-26(12-3-1)37-40-38-32-16-5-6-17-33(32)42(25-43(38)41-37)27-13-10-14-28(23-27)45-29-20-21-31-30-15-4-7-18-34(30)44(35(31)24-29)36-19-8-9-22-39-36;/h1-22,25H;/q-3;. The van der Waals surface area contributed by atoms with Crippen LogP contribution < -0.4 is 9.64 Å². The van der Waals surface area contributed by atoms with Crippen molar-refractivity contribution >= 4 is 33.2 Å². The second kappa shape index (κ2) is 11.4. The van der Waals surface area contributed by atoms with E-state index in [1.54, 1.807) is 6.20 Å². The molecule has 3 aromatic heterocycles. The molecule has 8 aromatic rings. The van der Waals surface area contributed by atoms with E-state index in [1.807, 2.05) is 102 Å². The minimum Gasteiger partial charge on any atom is -0.509 e. The van der Waals surface area contributed by atoms with E-state index in [2.05, 4.69) is 63.0 Å². The molecule has 0 spiro atoms. The Labute approximate surface area is 279 Å². The van der Waals surface area contributed by atoms with E-state index in [4.69, 9.17) is 14.8 Å². The van der Waals surface area contributed by atoms with Crippen LogP contribution in [0.1, 0.15) is 0 Å². The van der Waals surface area contributed by atoms with Crippen molar-refractivity contribution in [2.75, 3.05) is 4.90 Å². The predicted molar refractivity (Wildman–Crippen MR) is 175 cm³/mol. The first-order valence-electron chi connectivity index (χ1n) is 14.6. The average molecular weight is 775 g/mol. The van der Waals surface area contributed by atoms with Crippen molar-refractivity contribution < 1.29 is 25.8 Å². The second-order valence-electron chi connectivity index (χ2n) is 10.7. The van der Waals surface area contributed by atoms with Gasteiger partial charge >= 0.3 is 0 Å². The molecule has 8 heteroatoms. The molecule has 4 heterocycles. The maximum absolute atomic E-state index is 6.40. The summed E-state index contributed by atoms with van der Waals surface area (Å²) in [7, 11) is 0. The number of hydrogen-bond acceptors (Lipinski definition) is 5. The van der Waals surface area contributed by atoms with Gasteiger partial charge in [0.15, 0.2) is 5.82 Å². The van der Waals surface area contributed by atoms with Gasteiger partial charge in [-0.1, -0.05) is 90.7 Å². The Bertz CT molecular complexity index is 2350. The number of benzene rings is 5. The molecule has 0 atom stereocenters. The Balaban J connectivity index is 0.00000312. The van der Waals surface area contributed by atoms with Crippen molar-refractivity contribution in [1.29, 1.82) is 0 Å². The molecule has 224 valence electrons. The van der Waals surface area contributed by atoms with E-state index in [9.17, 15) is 0 Å². The molecule has 7 nitrogen and oxygen atoms in total. The van der Waals surface area contributed by atoms with Crippen LogP contribution >= 0.6 is 0 Å². The summed E-state index contributed by atoms with van der Waals surface area (Å²) >= 11 is 0. The van der Waals surface area contributed by atoms with Crippen molar-refractivity contribution in [2.24, 2.45) is 0 Å². The van der Waals surface area contributed by atoms with E-state index in [1.165, 1.54) is 0 Å². The third-order valence-electron chi connectivity index (χ3n) is 7.96. The number of fused-ring (bicyclic) bond motifs is 6. The molecule has 0 saturated carbocycles. The fraction of sp³-hybridized carbons (Fsp3) is 0. The molecule has 0 amide bonds. The summed E-state index contributed by atoms with van der Waals surface area (Å²) in [6, 6.07) is 49.3. The first-order valence-corrected chi connectivity index (χ1v) is 14.6. The van der Waals surface area contributed by atoms with Crippen LogP contribution in [0.5, 0.6) is 11.5 Å². The normalized spacial score (nSPS) is 11.9. The zero-order valence-electron chi connectivity index (χ0n) is 24.2. The Morgan fingerprint density at radius 3 is 2.37 bits per heavy atom. The molecule has 1 aliphatic heterocycles. The molecule has 1 aliphatic rings. The number of anilines is 2. The zero-order chi connectivity index (χ0) is 29.7. The van der Waals surface area contributed by atoms with E-state index in [0.29, 0.717) is 17.3 Å². The first-order chi connectivity index (χ1) is 22.3. The summed E-state index contributed by atoms with van der Waals surface area (Å²) in [6.07, 6.45) is 1.80. The summed E-state index contributed by atoms with van der Waals surface area (Å²) in [4.78, 5) is 11.6. The van der Waals surface area contributed by atoms with Gasteiger partial charge in [-0.05, 0) is 35.2 Å². The molecule has 0 radical (unpaired) electrons. The van der Waals surface area contributed by atoms with Gasteiger partial charge in [-0.15, -0.1) is 35.7 Å². The molecule has 0 fully saturated rings. The second-order valence-corrected chi connectivity index (χ2v) is 10.7. The molecule has 9 rings (SSSR count). The van der Waals surface area contributed by atoms with Gasteiger partial charge in [0, 0.05) is 61.4 Å². The minimum atomic E-state index is 0. The van der Waals surface area contributed by atoms with Crippen LogP contribution in [0.25, 0.3) is 50.4 Å². The largest absolute Gasteiger partial charge is 0.509 e. The Morgan fingerprint density at radius 2 is 1.48 bits per heavy atom. The average Bonchev–Trinajstić information content (AvgIpc) is 3.68. The van der Waals surface area contributed by atoms with Gasteiger partial charge in [-0.3, -0.25) is 0 Å². The number of nitrogens with zero attached hydrogens (tertiary/aromatic N) is 6. The Kier molecular flexibility index (Phi) is 6.89. The van der Waals surface area contributed by atoms with Gasteiger partial charge in [0.1, 0.15) is 5.82 Å². The minimum absolute atomic E-state index is 0. The topological polar surface area (TPSA) is 61.0 Å². The maximum atomic E-state index is 6.40. The van der Waals surface area contributed by atoms with Crippen molar-refractivity contribution in [1.82, 2.24) is 24.3 Å². The van der Waals surface area contributed by atoms with Crippen LogP contribution in [0, 0.1) is 18.8 Å². The van der Waals surface area contributed by atoms with Crippen LogP contribution in [-0.4, -0.2) is 24.3 Å². The van der Waals surface area contributed by atoms with Crippen LogP contribution in [-0.2, 0) is 21.1 Å². The molecule has 0 unspecified atom stereocenters. The number of aromatic nitrogens is 5. The van der Waals surface area contributed by atoms with Crippen molar-refractivity contribution in [3.8, 4) is 40.1 Å². The van der Waals surface area contributed by atoms with Gasteiger partial charge in [0.25, 0.3) is 0 Å².